The van der Waals surface area contributed by atoms with Crippen LogP contribution in [0.4, 0.5) is 5.69 Å². The lowest BCUT2D eigenvalue weighted by Gasteiger charge is -2.28. The molecule has 3 rings (SSSR count). The Labute approximate surface area is 125 Å². The second kappa shape index (κ2) is 5.76. The predicted molar refractivity (Wildman–Crippen MR) is 87.3 cm³/mol. The van der Waals surface area contributed by atoms with Crippen LogP contribution < -0.4 is 5.73 Å². The largest absolute Gasteiger partial charge is 0.398 e. The molecule has 0 heterocycles. The Morgan fingerprint density at radius 3 is 2.43 bits per heavy atom. The summed E-state index contributed by atoms with van der Waals surface area (Å²) in [5, 5.41) is 2.15. The number of amides is 1. The SMILES string of the molecule is CCN(C(=O)c1cc2ccccc2cc1N)C1CCCC1. The molecule has 0 saturated heterocycles. The van der Waals surface area contributed by atoms with E-state index in [-0.39, 0.29) is 5.91 Å². The summed E-state index contributed by atoms with van der Waals surface area (Å²) in [6.07, 6.45) is 4.68. The second-order valence-electron chi connectivity index (χ2n) is 5.82. The van der Waals surface area contributed by atoms with E-state index in [0.29, 0.717) is 17.3 Å². The molecule has 1 aliphatic rings. The van der Waals surface area contributed by atoms with Gasteiger partial charge in [-0.25, -0.2) is 0 Å². The number of fused-ring (bicyclic) bond motifs is 1. The van der Waals surface area contributed by atoms with E-state index in [1.54, 1.807) is 0 Å². The lowest BCUT2D eigenvalue weighted by atomic mass is 10.0. The van der Waals surface area contributed by atoms with Crippen LogP contribution in [0.1, 0.15) is 43.0 Å². The van der Waals surface area contributed by atoms with Gasteiger partial charge in [0.05, 0.1) is 5.56 Å². The molecule has 0 aromatic heterocycles. The smallest absolute Gasteiger partial charge is 0.256 e. The Morgan fingerprint density at radius 1 is 1.19 bits per heavy atom. The fourth-order valence-corrected chi connectivity index (χ4v) is 3.38. The Balaban J connectivity index is 1.97. The molecule has 2 N–H and O–H groups in total. The van der Waals surface area contributed by atoms with E-state index in [4.69, 9.17) is 5.73 Å². The van der Waals surface area contributed by atoms with Crippen molar-refractivity contribution >= 4 is 22.4 Å². The Hall–Kier alpha value is -2.03. The van der Waals surface area contributed by atoms with E-state index >= 15 is 0 Å². The van der Waals surface area contributed by atoms with Gasteiger partial charge >= 0.3 is 0 Å². The zero-order chi connectivity index (χ0) is 14.8. The Bertz CT molecular complexity index is 659. The summed E-state index contributed by atoms with van der Waals surface area (Å²) < 4.78 is 0. The van der Waals surface area contributed by atoms with E-state index < -0.39 is 0 Å². The van der Waals surface area contributed by atoms with Crippen LogP contribution in [-0.2, 0) is 0 Å². The Morgan fingerprint density at radius 2 is 1.81 bits per heavy atom. The number of anilines is 1. The van der Waals surface area contributed by atoms with Crippen LogP contribution in [0.2, 0.25) is 0 Å². The first kappa shape index (κ1) is 13.9. The number of nitrogen functional groups attached to an aromatic ring is 1. The third-order valence-corrected chi connectivity index (χ3v) is 4.52. The van der Waals surface area contributed by atoms with Crippen LogP contribution in [0.25, 0.3) is 10.8 Å². The zero-order valence-corrected chi connectivity index (χ0v) is 12.5. The Kier molecular flexibility index (Phi) is 3.82. The van der Waals surface area contributed by atoms with Crippen LogP contribution in [0.3, 0.4) is 0 Å². The summed E-state index contributed by atoms with van der Waals surface area (Å²) >= 11 is 0. The van der Waals surface area contributed by atoms with Crippen molar-refractivity contribution in [3.63, 3.8) is 0 Å². The van der Waals surface area contributed by atoms with Crippen LogP contribution in [0.15, 0.2) is 36.4 Å². The highest BCUT2D eigenvalue weighted by molar-refractivity contribution is 6.04. The van der Waals surface area contributed by atoms with Crippen LogP contribution in [0.5, 0.6) is 0 Å². The van der Waals surface area contributed by atoms with Crippen molar-refractivity contribution in [2.45, 2.75) is 38.6 Å². The molecule has 1 aliphatic carbocycles. The molecule has 0 radical (unpaired) electrons. The maximum atomic E-state index is 12.9. The average molecular weight is 282 g/mol. The van der Waals surface area contributed by atoms with Gasteiger partial charge in [0.15, 0.2) is 0 Å². The minimum absolute atomic E-state index is 0.0765. The fourth-order valence-electron chi connectivity index (χ4n) is 3.38. The fraction of sp³-hybridized carbons (Fsp3) is 0.389. The van der Waals surface area contributed by atoms with Gasteiger partial charge in [-0.15, -0.1) is 0 Å². The highest BCUT2D eigenvalue weighted by atomic mass is 16.2. The summed E-state index contributed by atoms with van der Waals surface area (Å²) in [4.78, 5) is 14.9. The number of hydrogen-bond donors (Lipinski definition) is 1. The van der Waals surface area contributed by atoms with E-state index in [0.717, 1.165) is 30.2 Å². The van der Waals surface area contributed by atoms with Gasteiger partial charge in [0.2, 0.25) is 0 Å². The van der Waals surface area contributed by atoms with Gasteiger partial charge in [-0.1, -0.05) is 37.1 Å². The number of rotatable bonds is 3. The summed E-state index contributed by atoms with van der Waals surface area (Å²) in [5.74, 6) is 0.0765. The maximum absolute atomic E-state index is 12.9. The average Bonchev–Trinajstić information content (AvgIpc) is 3.01. The van der Waals surface area contributed by atoms with Crippen molar-refractivity contribution in [3.8, 4) is 0 Å². The van der Waals surface area contributed by atoms with Gasteiger partial charge in [0.25, 0.3) is 5.91 Å². The van der Waals surface area contributed by atoms with Crippen LogP contribution in [-0.4, -0.2) is 23.4 Å². The standard InChI is InChI=1S/C18H22N2O/c1-2-20(15-9-5-6-10-15)18(21)16-11-13-7-3-4-8-14(13)12-17(16)19/h3-4,7-8,11-12,15H,2,5-6,9-10,19H2,1H3. The lowest BCUT2D eigenvalue weighted by Crippen LogP contribution is -2.38. The van der Waals surface area contributed by atoms with Gasteiger partial charge in [-0.3, -0.25) is 4.79 Å². The van der Waals surface area contributed by atoms with Crippen molar-refractivity contribution < 1.29 is 4.79 Å². The number of carbonyl (C=O) groups excluding carboxylic acids is 1. The first-order valence-electron chi connectivity index (χ1n) is 7.80. The number of nitrogens with zero attached hydrogens (tertiary/aromatic N) is 1. The van der Waals surface area contributed by atoms with Gasteiger partial charge in [0, 0.05) is 18.3 Å². The van der Waals surface area contributed by atoms with Gasteiger partial charge in [-0.05, 0) is 42.7 Å². The van der Waals surface area contributed by atoms with E-state index in [2.05, 4.69) is 0 Å². The summed E-state index contributed by atoms with van der Waals surface area (Å²) in [6.45, 7) is 2.79. The van der Waals surface area contributed by atoms with E-state index in [1.807, 2.05) is 48.2 Å². The molecule has 3 heteroatoms. The first-order valence-corrected chi connectivity index (χ1v) is 7.80. The number of carbonyl (C=O) groups is 1. The van der Waals surface area contributed by atoms with E-state index in [1.165, 1.54) is 12.8 Å². The topological polar surface area (TPSA) is 46.3 Å². The van der Waals surface area contributed by atoms with Gasteiger partial charge < -0.3 is 10.6 Å². The van der Waals surface area contributed by atoms with Crippen molar-refractivity contribution in [1.82, 2.24) is 4.90 Å². The third kappa shape index (κ3) is 2.60. The molecule has 1 saturated carbocycles. The zero-order valence-electron chi connectivity index (χ0n) is 12.5. The van der Waals surface area contributed by atoms with Crippen LogP contribution in [0, 0.1) is 0 Å². The number of hydrogen-bond acceptors (Lipinski definition) is 2. The second-order valence-corrected chi connectivity index (χ2v) is 5.82. The molecule has 0 bridgehead atoms. The third-order valence-electron chi connectivity index (χ3n) is 4.52. The molecule has 0 unspecified atom stereocenters. The number of benzene rings is 2. The lowest BCUT2D eigenvalue weighted by molar-refractivity contribution is 0.0695. The van der Waals surface area contributed by atoms with E-state index in [9.17, 15) is 4.79 Å². The van der Waals surface area contributed by atoms with Crippen molar-refractivity contribution in [1.29, 1.82) is 0 Å². The van der Waals surface area contributed by atoms with Crippen LogP contribution >= 0.6 is 0 Å². The molecule has 2 aromatic carbocycles. The summed E-state index contributed by atoms with van der Waals surface area (Å²) in [7, 11) is 0. The highest BCUT2D eigenvalue weighted by Gasteiger charge is 2.27. The van der Waals surface area contributed by atoms with Crippen molar-refractivity contribution in [2.75, 3.05) is 12.3 Å². The normalized spacial score (nSPS) is 15.5. The molecule has 3 nitrogen and oxygen atoms in total. The highest BCUT2D eigenvalue weighted by Crippen LogP contribution is 2.28. The summed E-state index contributed by atoms with van der Waals surface area (Å²) in [6, 6.07) is 12.2. The quantitative estimate of drug-likeness (QED) is 0.870. The van der Waals surface area contributed by atoms with Crippen molar-refractivity contribution in [2.24, 2.45) is 0 Å². The minimum Gasteiger partial charge on any atom is -0.398 e. The van der Waals surface area contributed by atoms with Crippen molar-refractivity contribution in [3.05, 3.63) is 42.0 Å². The van der Waals surface area contributed by atoms with Gasteiger partial charge in [0.1, 0.15) is 0 Å². The molecule has 1 fully saturated rings. The molecular formula is C18H22N2O. The molecule has 2 aromatic rings. The minimum atomic E-state index is 0.0765. The molecule has 0 aliphatic heterocycles. The molecule has 1 amide bonds. The number of nitrogens with two attached hydrogens (primary N) is 1. The molecule has 110 valence electrons. The summed E-state index contributed by atoms with van der Waals surface area (Å²) in [5.41, 5.74) is 7.35. The monoisotopic (exact) mass is 282 g/mol. The molecule has 0 spiro atoms. The molecule has 21 heavy (non-hydrogen) atoms. The maximum Gasteiger partial charge on any atom is 0.256 e. The predicted octanol–water partition coefficient (Wildman–Crippen LogP) is 3.83. The molecule has 0 atom stereocenters. The first-order chi connectivity index (χ1) is 10.2. The molecular weight excluding hydrogens is 260 g/mol. The van der Waals surface area contributed by atoms with Gasteiger partial charge in [-0.2, -0.15) is 0 Å².